The minimum atomic E-state index is -0.515. The number of hydrogen-bond donors (Lipinski definition) is 1. The van der Waals surface area contributed by atoms with Gasteiger partial charge in [-0.3, -0.25) is 4.90 Å². The highest BCUT2D eigenvalue weighted by molar-refractivity contribution is 5.21. The SMILES string of the molecule is NC(Cc1cc(F)cc(F)c1)C1(N2CCCC2)CCCC1. The van der Waals surface area contributed by atoms with Gasteiger partial charge in [-0.05, 0) is 62.9 Å². The first-order chi connectivity index (χ1) is 10.1. The third-order valence-electron chi connectivity index (χ3n) is 5.27. The summed E-state index contributed by atoms with van der Waals surface area (Å²) in [4.78, 5) is 2.54. The first kappa shape index (κ1) is 14.9. The molecule has 0 bridgehead atoms. The van der Waals surface area contributed by atoms with E-state index in [1.54, 1.807) is 0 Å². The Kier molecular flexibility index (Phi) is 4.27. The van der Waals surface area contributed by atoms with E-state index in [0.717, 1.165) is 32.0 Å². The predicted molar refractivity (Wildman–Crippen MR) is 80.0 cm³/mol. The lowest BCUT2D eigenvalue weighted by Crippen LogP contribution is -2.58. The first-order valence-corrected chi connectivity index (χ1v) is 8.06. The van der Waals surface area contributed by atoms with Crippen LogP contribution in [0.4, 0.5) is 8.78 Å². The molecule has 0 radical (unpaired) electrons. The molecule has 2 aliphatic rings. The van der Waals surface area contributed by atoms with Crippen LogP contribution in [0.5, 0.6) is 0 Å². The van der Waals surface area contributed by atoms with Gasteiger partial charge in [0.25, 0.3) is 0 Å². The van der Waals surface area contributed by atoms with Gasteiger partial charge in [0.1, 0.15) is 11.6 Å². The van der Waals surface area contributed by atoms with Crippen LogP contribution in [0.3, 0.4) is 0 Å². The van der Waals surface area contributed by atoms with E-state index in [-0.39, 0.29) is 11.6 Å². The van der Waals surface area contributed by atoms with Crippen molar-refractivity contribution in [2.75, 3.05) is 13.1 Å². The van der Waals surface area contributed by atoms with Crippen LogP contribution >= 0.6 is 0 Å². The highest BCUT2D eigenvalue weighted by Crippen LogP contribution is 2.40. The number of hydrogen-bond acceptors (Lipinski definition) is 2. The van der Waals surface area contributed by atoms with Crippen LogP contribution in [-0.4, -0.2) is 29.6 Å². The number of rotatable bonds is 4. The Morgan fingerprint density at radius 1 is 1.00 bits per heavy atom. The lowest BCUT2D eigenvalue weighted by atomic mass is 9.83. The molecular weight excluding hydrogens is 270 g/mol. The van der Waals surface area contributed by atoms with E-state index >= 15 is 0 Å². The fourth-order valence-electron chi connectivity index (χ4n) is 4.24. The fraction of sp³-hybridized carbons (Fsp3) is 0.647. The summed E-state index contributed by atoms with van der Waals surface area (Å²) >= 11 is 0. The van der Waals surface area contributed by atoms with Gasteiger partial charge in [0.05, 0.1) is 0 Å². The molecule has 116 valence electrons. The van der Waals surface area contributed by atoms with Crippen molar-refractivity contribution in [2.24, 2.45) is 5.73 Å². The summed E-state index contributed by atoms with van der Waals surface area (Å²) in [6.07, 6.45) is 7.68. The van der Waals surface area contributed by atoms with E-state index in [2.05, 4.69) is 4.90 Å². The Hall–Kier alpha value is -1.00. The van der Waals surface area contributed by atoms with Gasteiger partial charge in [-0.15, -0.1) is 0 Å². The van der Waals surface area contributed by atoms with Crippen LogP contribution in [-0.2, 0) is 6.42 Å². The van der Waals surface area contributed by atoms with Crippen molar-refractivity contribution in [2.45, 2.75) is 56.5 Å². The summed E-state index contributed by atoms with van der Waals surface area (Å²) in [5, 5.41) is 0. The maximum absolute atomic E-state index is 13.4. The molecule has 3 rings (SSSR count). The molecule has 1 saturated carbocycles. The molecule has 1 aromatic rings. The molecule has 1 saturated heterocycles. The van der Waals surface area contributed by atoms with Crippen molar-refractivity contribution < 1.29 is 8.78 Å². The number of benzene rings is 1. The minimum absolute atomic E-state index is 0.0410. The van der Waals surface area contributed by atoms with Crippen molar-refractivity contribution >= 4 is 0 Å². The van der Waals surface area contributed by atoms with Crippen molar-refractivity contribution in [1.82, 2.24) is 4.90 Å². The molecule has 0 amide bonds. The number of nitrogens with two attached hydrogens (primary N) is 1. The first-order valence-electron chi connectivity index (χ1n) is 8.06. The summed E-state index contributed by atoms with van der Waals surface area (Å²) in [6, 6.07) is 3.69. The predicted octanol–water partition coefficient (Wildman–Crippen LogP) is 3.24. The number of likely N-dealkylation sites (tertiary alicyclic amines) is 1. The van der Waals surface area contributed by atoms with Gasteiger partial charge in [0.2, 0.25) is 0 Å². The van der Waals surface area contributed by atoms with Crippen molar-refractivity contribution in [3.63, 3.8) is 0 Å². The molecule has 4 heteroatoms. The molecule has 1 aliphatic heterocycles. The van der Waals surface area contributed by atoms with Crippen LogP contribution in [0.1, 0.15) is 44.1 Å². The number of nitrogens with zero attached hydrogens (tertiary/aromatic N) is 1. The molecule has 2 fully saturated rings. The Bertz CT molecular complexity index is 471. The van der Waals surface area contributed by atoms with Gasteiger partial charge >= 0.3 is 0 Å². The zero-order valence-electron chi connectivity index (χ0n) is 12.5. The van der Waals surface area contributed by atoms with Crippen molar-refractivity contribution in [3.8, 4) is 0 Å². The van der Waals surface area contributed by atoms with Crippen molar-refractivity contribution in [3.05, 3.63) is 35.4 Å². The van der Waals surface area contributed by atoms with Crippen LogP contribution < -0.4 is 5.73 Å². The van der Waals surface area contributed by atoms with E-state index in [1.165, 1.54) is 37.8 Å². The Morgan fingerprint density at radius 2 is 1.57 bits per heavy atom. The topological polar surface area (TPSA) is 29.3 Å². The van der Waals surface area contributed by atoms with E-state index in [9.17, 15) is 8.78 Å². The van der Waals surface area contributed by atoms with Crippen LogP contribution in [0.25, 0.3) is 0 Å². The molecule has 0 aromatic heterocycles. The third-order valence-corrected chi connectivity index (χ3v) is 5.27. The zero-order chi connectivity index (χ0) is 14.9. The van der Waals surface area contributed by atoms with Crippen LogP contribution in [0.2, 0.25) is 0 Å². The van der Waals surface area contributed by atoms with E-state index < -0.39 is 11.6 Å². The Balaban J connectivity index is 1.79. The maximum atomic E-state index is 13.4. The quantitative estimate of drug-likeness (QED) is 0.923. The second-order valence-electron chi connectivity index (χ2n) is 6.59. The van der Waals surface area contributed by atoms with Gasteiger partial charge in [-0.2, -0.15) is 0 Å². The van der Waals surface area contributed by atoms with Gasteiger partial charge < -0.3 is 5.73 Å². The molecule has 1 atom stereocenters. The second kappa shape index (κ2) is 6.01. The lowest BCUT2D eigenvalue weighted by molar-refractivity contribution is 0.0921. The maximum Gasteiger partial charge on any atom is 0.126 e. The molecule has 21 heavy (non-hydrogen) atoms. The smallest absolute Gasteiger partial charge is 0.126 e. The fourth-order valence-corrected chi connectivity index (χ4v) is 4.24. The monoisotopic (exact) mass is 294 g/mol. The van der Waals surface area contributed by atoms with E-state index in [0.29, 0.717) is 12.0 Å². The highest BCUT2D eigenvalue weighted by atomic mass is 19.1. The summed E-state index contributed by atoms with van der Waals surface area (Å²) in [6.45, 7) is 2.23. The summed E-state index contributed by atoms with van der Waals surface area (Å²) < 4.78 is 26.7. The molecule has 0 spiro atoms. The number of halogens is 2. The van der Waals surface area contributed by atoms with Crippen LogP contribution in [0.15, 0.2) is 18.2 Å². The van der Waals surface area contributed by atoms with Crippen LogP contribution in [0, 0.1) is 11.6 Å². The minimum Gasteiger partial charge on any atom is -0.326 e. The second-order valence-corrected chi connectivity index (χ2v) is 6.59. The summed E-state index contributed by atoms with van der Waals surface area (Å²) in [5.41, 5.74) is 7.25. The van der Waals surface area contributed by atoms with Gasteiger partial charge in [0.15, 0.2) is 0 Å². The summed E-state index contributed by atoms with van der Waals surface area (Å²) in [7, 11) is 0. The normalized spacial score (nSPS) is 23.6. The molecule has 2 N–H and O–H groups in total. The summed E-state index contributed by atoms with van der Waals surface area (Å²) in [5.74, 6) is -1.03. The zero-order valence-corrected chi connectivity index (χ0v) is 12.5. The van der Waals surface area contributed by atoms with Gasteiger partial charge in [-0.25, -0.2) is 8.78 Å². The van der Waals surface area contributed by atoms with E-state index in [4.69, 9.17) is 5.73 Å². The van der Waals surface area contributed by atoms with Crippen molar-refractivity contribution in [1.29, 1.82) is 0 Å². The average molecular weight is 294 g/mol. The largest absolute Gasteiger partial charge is 0.326 e. The third kappa shape index (κ3) is 2.97. The molecule has 2 nitrogen and oxygen atoms in total. The Morgan fingerprint density at radius 3 is 2.14 bits per heavy atom. The van der Waals surface area contributed by atoms with Gasteiger partial charge in [-0.1, -0.05) is 12.8 Å². The molecule has 1 aromatic carbocycles. The highest BCUT2D eigenvalue weighted by Gasteiger charge is 2.44. The Labute approximate surface area is 125 Å². The van der Waals surface area contributed by atoms with Gasteiger partial charge in [0, 0.05) is 17.6 Å². The molecular formula is C17H24F2N2. The lowest BCUT2D eigenvalue weighted by Gasteiger charge is -2.43. The molecule has 1 unspecified atom stereocenters. The van der Waals surface area contributed by atoms with E-state index in [1.807, 2.05) is 0 Å². The standard InChI is InChI=1S/C17H24F2N2/c18-14-9-13(10-15(19)12-14)11-16(20)17(5-1-2-6-17)21-7-3-4-8-21/h9-10,12,16H,1-8,11,20H2. The average Bonchev–Trinajstić information content (AvgIpc) is 3.09. The molecule has 1 heterocycles. The molecule has 1 aliphatic carbocycles.